The molecule has 4 aromatic rings. The van der Waals surface area contributed by atoms with Crippen LogP contribution in [0.5, 0.6) is 0 Å². The summed E-state index contributed by atoms with van der Waals surface area (Å²) >= 11 is 0. The number of halogens is 3. The van der Waals surface area contributed by atoms with E-state index < -0.39 is 11.7 Å². The van der Waals surface area contributed by atoms with Gasteiger partial charge in [-0.2, -0.15) is 13.2 Å². The van der Waals surface area contributed by atoms with Gasteiger partial charge in [0.25, 0.3) is 5.91 Å². The molecule has 0 saturated carbocycles. The molecule has 0 bridgehead atoms. The van der Waals surface area contributed by atoms with E-state index in [1.807, 2.05) is 22.7 Å². The number of anilines is 1. The van der Waals surface area contributed by atoms with Gasteiger partial charge in [0.05, 0.1) is 34.4 Å². The Hall–Kier alpha value is -3.62. The van der Waals surface area contributed by atoms with Crippen molar-refractivity contribution in [1.82, 2.24) is 19.3 Å². The first kappa shape index (κ1) is 19.7. The standard InChI is InChI=1S/C21H18F3N5O/c1-2-28(12-15-7-6-14(11-26-15)21(22,23)24)20(30)13-5-8-16-18(10-13)29-9-3-4-17(29)19(25)27-16/h3-11H,2,12H2,1H3,(H2,25,27). The fourth-order valence-electron chi connectivity index (χ4n) is 3.32. The third kappa shape index (κ3) is 3.54. The molecule has 154 valence electrons. The third-order valence-electron chi connectivity index (χ3n) is 4.91. The molecule has 0 saturated heterocycles. The molecule has 3 aromatic heterocycles. The van der Waals surface area contributed by atoms with Crippen molar-refractivity contribution in [2.75, 3.05) is 12.3 Å². The Labute approximate surface area is 169 Å². The molecule has 0 aliphatic rings. The van der Waals surface area contributed by atoms with Gasteiger partial charge in [-0.15, -0.1) is 0 Å². The van der Waals surface area contributed by atoms with Crippen LogP contribution in [0.15, 0.2) is 54.9 Å². The molecule has 0 spiro atoms. The van der Waals surface area contributed by atoms with Crippen LogP contribution in [0.25, 0.3) is 16.6 Å². The molecule has 9 heteroatoms. The molecule has 4 rings (SSSR count). The number of hydrogen-bond acceptors (Lipinski definition) is 4. The summed E-state index contributed by atoms with van der Waals surface area (Å²) < 4.78 is 40.0. The summed E-state index contributed by atoms with van der Waals surface area (Å²) in [7, 11) is 0. The molecule has 0 unspecified atom stereocenters. The van der Waals surface area contributed by atoms with Gasteiger partial charge in [-0.25, -0.2) is 4.98 Å². The number of aromatic nitrogens is 3. The number of alkyl halides is 3. The van der Waals surface area contributed by atoms with Crippen LogP contribution in [0.1, 0.15) is 28.5 Å². The van der Waals surface area contributed by atoms with Crippen LogP contribution in [0.3, 0.4) is 0 Å². The highest BCUT2D eigenvalue weighted by molar-refractivity contribution is 5.98. The van der Waals surface area contributed by atoms with Crippen LogP contribution in [0, 0.1) is 0 Å². The summed E-state index contributed by atoms with van der Waals surface area (Å²) in [6.45, 7) is 2.28. The van der Waals surface area contributed by atoms with E-state index in [0.717, 1.165) is 23.3 Å². The van der Waals surface area contributed by atoms with Crippen molar-refractivity contribution in [1.29, 1.82) is 0 Å². The van der Waals surface area contributed by atoms with Gasteiger partial charge in [-0.3, -0.25) is 9.78 Å². The van der Waals surface area contributed by atoms with Gasteiger partial charge in [0.2, 0.25) is 0 Å². The van der Waals surface area contributed by atoms with E-state index in [4.69, 9.17) is 5.73 Å². The minimum absolute atomic E-state index is 0.102. The van der Waals surface area contributed by atoms with Crippen molar-refractivity contribution < 1.29 is 18.0 Å². The fourth-order valence-corrected chi connectivity index (χ4v) is 3.32. The number of nitrogens with two attached hydrogens (primary N) is 1. The zero-order chi connectivity index (χ0) is 21.5. The highest BCUT2D eigenvalue weighted by atomic mass is 19.4. The van der Waals surface area contributed by atoms with Crippen LogP contribution in [-0.4, -0.2) is 31.7 Å². The quantitative estimate of drug-likeness (QED) is 0.545. The normalized spacial score (nSPS) is 11.9. The number of fused-ring (bicyclic) bond motifs is 3. The van der Waals surface area contributed by atoms with Gasteiger partial charge in [-0.05, 0) is 49.4 Å². The molecule has 1 amide bonds. The lowest BCUT2D eigenvalue weighted by Gasteiger charge is -2.21. The van der Waals surface area contributed by atoms with E-state index >= 15 is 0 Å². The SMILES string of the molecule is CCN(Cc1ccc(C(F)(F)F)cn1)C(=O)c1ccc2nc(N)c3cccn3c2c1. The van der Waals surface area contributed by atoms with Gasteiger partial charge < -0.3 is 15.0 Å². The van der Waals surface area contributed by atoms with Crippen molar-refractivity contribution in [3.05, 3.63) is 71.7 Å². The smallest absolute Gasteiger partial charge is 0.382 e. The van der Waals surface area contributed by atoms with Crippen LogP contribution in [0.4, 0.5) is 19.0 Å². The van der Waals surface area contributed by atoms with Crippen molar-refractivity contribution in [3.8, 4) is 0 Å². The van der Waals surface area contributed by atoms with Gasteiger partial charge in [0.1, 0.15) is 5.82 Å². The van der Waals surface area contributed by atoms with Gasteiger partial charge in [0, 0.05) is 24.5 Å². The summed E-state index contributed by atoms with van der Waals surface area (Å²) in [6.07, 6.45) is -1.83. The van der Waals surface area contributed by atoms with E-state index in [9.17, 15) is 18.0 Å². The predicted octanol–water partition coefficient (Wildman–Crippen LogP) is 4.15. The number of pyridine rings is 1. The summed E-state index contributed by atoms with van der Waals surface area (Å²) in [5.74, 6) is 0.147. The highest BCUT2D eigenvalue weighted by Gasteiger charge is 2.30. The number of nitrogen functional groups attached to an aromatic ring is 1. The second-order valence-electron chi connectivity index (χ2n) is 6.82. The number of nitrogens with zero attached hydrogens (tertiary/aromatic N) is 4. The number of benzene rings is 1. The summed E-state index contributed by atoms with van der Waals surface area (Å²) in [6, 6.07) is 11.1. The number of carbonyl (C=O) groups is 1. The number of hydrogen-bond donors (Lipinski definition) is 1. The maximum Gasteiger partial charge on any atom is 0.417 e. The zero-order valence-electron chi connectivity index (χ0n) is 16.0. The first-order chi connectivity index (χ1) is 14.3. The molecule has 0 aliphatic carbocycles. The Kier molecular flexibility index (Phi) is 4.81. The Bertz CT molecular complexity index is 1230. The predicted molar refractivity (Wildman–Crippen MR) is 107 cm³/mol. The largest absolute Gasteiger partial charge is 0.417 e. The molecule has 0 fully saturated rings. The molecular weight excluding hydrogens is 395 g/mol. The lowest BCUT2D eigenvalue weighted by atomic mass is 10.1. The first-order valence-corrected chi connectivity index (χ1v) is 9.25. The number of carbonyl (C=O) groups excluding carboxylic acids is 1. The molecule has 6 nitrogen and oxygen atoms in total. The highest BCUT2D eigenvalue weighted by Crippen LogP contribution is 2.28. The molecule has 0 atom stereocenters. The Morgan fingerprint density at radius 3 is 2.63 bits per heavy atom. The molecule has 2 N–H and O–H groups in total. The maximum atomic E-state index is 13.1. The van der Waals surface area contributed by atoms with Crippen molar-refractivity contribution in [3.63, 3.8) is 0 Å². The minimum Gasteiger partial charge on any atom is -0.382 e. The van der Waals surface area contributed by atoms with Crippen LogP contribution in [0.2, 0.25) is 0 Å². The Morgan fingerprint density at radius 2 is 1.97 bits per heavy atom. The van der Waals surface area contributed by atoms with E-state index in [2.05, 4.69) is 9.97 Å². The van der Waals surface area contributed by atoms with Crippen LogP contribution in [-0.2, 0) is 12.7 Å². The van der Waals surface area contributed by atoms with Gasteiger partial charge >= 0.3 is 6.18 Å². The maximum absolute atomic E-state index is 13.1. The van der Waals surface area contributed by atoms with Gasteiger partial charge in [-0.1, -0.05) is 0 Å². The third-order valence-corrected chi connectivity index (χ3v) is 4.91. The second kappa shape index (κ2) is 7.33. The molecule has 30 heavy (non-hydrogen) atoms. The minimum atomic E-state index is -4.45. The number of amides is 1. The topological polar surface area (TPSA) is 76.5 Å². The van der Waals surface area contributed by atoms with Crippen molar-refractivity contribution >= 4 is 28.3 Å². The lowest BCUT2D eigenvalue weighted by molar-refractivity contribution is -0.137. The van der Waals surface area contributed by atoms with E-state index in [-0.39, 0.29) is 12.5 Å². The Balaban J connectivity index is 1.63. The molecule has 0 aliphatic heterocycles. The zero-order valence-corrected chi connectivity index (χ0v) is 16.0. The van der Waals surface area contributed by atoms with E-state index in [0.29, 0.717) is 29.1 Å². The van der Waals surface area contributed by atoms with Crippen LogP contribution < -0.4 is 5.73 Å². The number of rotatable bonds is 4. The van der Waals surface area contributed by atoms with Crippen LogP contribution >= 0.6 is 0 Å². The monoisotopic (exact) mass is 413 g/mol. The average Bonchev–Trinajstić information content (AvgIpc) is 3.22. The average molecular weight is 413 g/mol. The van der Waals surface area contributed by atoms with Crippen molar-refractivity contribution in [2.45, 2.75) is 19.6 Å². The summed E-state index contributed by atoms with van der Waals surface area (Å²) in [5, 5.41) is 0. The second-order valence-corrected chi connectivity index (χ2v) is 6.82. The lowest BCUT2D eigenvalue weighted by Crippen LogP contribution is -2.30. The first-order valence-electron chi connectivity index (χ1n) is 9.25. The Morgan fingerprint density at radius 1 is 1.17 bits per heavy atom. The molecule has 3 heterocycles. The molecule has 1 aromatic carbocycles. The molecule has 0 radical (unpaired) electrons. The van der Waals surface area contributed by atoms with E-state index in [1.165, 1.54) is 11.0 Å². The summed E-state index contributed by atoms with van der Waals surface area (Å²) in [4.78, 5) is 22.8. The van der Waals surface area contributed by atoms with E-state index in [1.54, 1.807) is 25.1 Å². The summed E-state index contributed by atoms with van der Waals surface area (Å²) in [5.41, 5.74) is 8.10. The van der Waals surface area contributed by atoms with Gasteiger partial charge in [0.15, 0.2) is 0 Å². The van der Waals surface area contributed by atoms with Crippen molar-refractivity contribution in [2.24, 2.45) is 0 Å². The fraction of sp³-hybridized carbons (Fsp3) is 0.190. The molecular formula is C21H18F3N5O.